The van der Waals surface area contributed by atoms with Gasteiger partial charge in [0, 0.05) is 5.56 Å². The fraction of sp³-hybridized carbons (Fsp3) is 0.222. The fourth-order valence-electron chi connectivity index (χ4n) is 2.39. The molecule has 0 aliphatic carbocycles. The summed E-state index contributed by atoms with van der Waals surface area (Å²) in [5.41, 5.74) is 1.98. The first-order valence-corrected chi connectivity index (χ1v) is 6.92. The van der Waals surface area contributed by atoms with Gasteiger partial charge in [-0.15, -0.1) is 0 Å². The van der Waals surface area contributed by atoms with E-state index in [1.54, 1.807) is 0 Å². The third-order valence-electron chi connectivity index (χ3n) is 3.43. The lowest BCUT2D eigenvalue weighted by Gasteiger charge is -2.12. The highest BCUT2D eigenvalue weighted by Gasteiger charge is 2.24. The predicted octanol–water partition coefficient (Wildman–Crippen LogP) is 2.59. The van der Waals surface area contributed by atoms with E-state index in [0.29, 0.717) is 13.2 Å². The summed E-state index contributed by atoms with van der Waals surface area (Å²) in [6.07, 6.45) is 0. The first-order chi connectivity index (χ1) is 10.4. The van der Waals surface area contributed by atoms with E-state index in [1.807, 2.05) is 42.5 Å². The maximum absolute atomic E-state index is 8.80. The van der Waals surface area contributed by atoms with Gasteiger partial charge in [0.15, 0.2) is 0 Å². The van der Waals surface area contributed by atoms with E-state index < -0.39 is 0 Å². The molecule has 1 heterocycles. The van der Waals surface area contributed by atoms with Crippen molar-refractivity contribution in [2.45, 2.75) is 5.92 Å². The molecule has 1 unspecified atom stereocenters. The van der Waals surface area contributed by atoms with Crippen LogP contribution < -0.4 is 9.47 Å². The Morgan fingerprint density at radius 2 is 1.95 bits per heavy atom. The molecule has 0 aromatic heterocycles. The number of rotatable bonds is 3. The van der Waals surface area contributed by atoms with Crippen LogP contribution in [0.5, 0.6) is 11.5 Å². The van der Waals surface area contributed by atoms with Crippen molar-refractivity contribution in [1.29, 1.82) is 0 Å². The van der Waals surface area contributed by atoms with E-state index in [-0.39, 0.29) is 12.5 Å². The third-order valence-corrected chi connectivity index (χ3v) is 3.43. The average Bonchev–Trinajstić information content (AvgIpc) is 2.95. The molecule has 1 atom stereocenters. The summed E-state index contributed by atoms with van der Waals surface area (Å²) in [6.45, 7) is 1.04. The molecule has 1 aliphatic heterocycles. The lowest BCUT2D eigenvalue weighted by Crippen LogP contribution is -2.12. The molecule has 3 rings (SSSR count). The predicted molar refractivity (Wildman–Crippen MR) is 80.6 cm³/mol. The van der Waals surface area contributed by atoms with Crippen LogP contribution in [0.25, 0.3) is 0 Å². The molecule has 0 saturated carbocycles. The molecule has 0 spiro atoms. The molecule has 0 amide bonds. The van der Waals surface area contributed by atoms with E-state index in [9.17, 15) is 0 Å². The number of ether oxygens (including phenoxy) is 2. The quantitative estimate of drug-likeness (QED) is 0.878. The molecule has 1 N–H and O–H groups in total. The van der Waals surface area contributed by atoms with Gasteiger partial charge >= 0.3 is 0 Å². The molecule has 2 aromatic carbocycles. The van der Waals surface area contributed by atoms with E-state index in [1.165, 1.54) is 5.56 Å². The standard InChI is InChI=1S/C18H16O3/c19-11-5-7-14-6-1-3-9-17(14)20-12-15-13-21-18-10-4-2-8-16(15)18/h1-4,6,8-10,15,19H,11-13H2. The van der Waals surface area contributed by atoms with E-state index in [2.05, 4.69) is 17.9 Å². The van der Waals surface area contributed by atoms with Crippen molar-refractivity contribution in [3.05, 3.63) is 59.7 Å². The summed E-state index contributed by atoms with van der Waals surface area (Å²) >= 11 is 0. The summed E-state index contributed by atoms with van der Waals surface area (Å²) in [7, 11) is 0. The lowest BCUT2D eigenvalue weighted by molar-refractivity contribution is 0.248. The van der Waals surface area contributed by atoms with Gasteiger partial charge in [-0.2, -0.15) is 0 Å². The minimum atomic E-state index is -0.155. The van der Waals surface area contributed by atoms with Crippen LogP contribution in [0.1, 0.15) is 17.0 Å². The monoisotopic (exact) mass is 280 g/mol. The zero-order chi connectivity index (χ0) is 14.5. The highest BCUT2D eigenvalue weighted by molar-refractivity contribution is 5.46. The van der Waals surface area contributed by atoms with Gasteiger partial charge in [0.2, 0.25) is 0 Å². The van der Waals surface area contributed by atoms with Gasteiger partial charge < -0.3 is 14.6 Å². The number of aliphatic hydroxyl groups excluding tert-OH is 1. The number of hydrogen-bond donors (Lipinski definition) is 1. The largest absolute Gasteiger partial charge is 0.493 e. The highest BCUT2D eigenvalue weighted by Crippen LogP contribution is 2.34. The zero-order valence-electron chi connectivity index (χ0n) is 11.6. The summed E-state index contributed by atoms with van der Waals surface area (Å²) in [5, 5.41) is 8.80. The van der Waals surface area contributed by atoms with Gasteiger partial charge in [-0.05, 0) is 18.2 Å². The van der Waals surface area contributed by atoms with Crippen LogP contribution in [0.15, 0.2) is 48.5 Å². The molecule has 1 aliphatic rings. The van der Waals surface area contributed by atoms with Gasteiger partial charge in [0.25, 0.3) is 0 Å². The molecular weight excluding hydrogens is 264 g/mol. The maximum Gasteiger partial charge on any atom is 0.134 e. The molecule has 3 heteroatoms. The second-order valence-corrected chi connectivity index (χ2v) is 4.81. The molecule has 0 radical (unpaired) electrons. The molecule has 0 fully saturated rings. The van der Waals surface area contributed by atoms with Crippen molar-refractivity contribution in [1.82, 2.24) is 0 Å². The van der Waals surface area contributed by atoms with Crippen LogP contribution in [0.2, 0.25) is 0 Å². The third kappa shape index (κ3) is 3.01. The number of benzene rings is 2. The van der Waals surface area contributed by atoms with Gasteiger partial charge in [0.1, 0.15) is 18.1 Å². The summed E-state index contributed by atoms with van der Waals surface area (Å²) in [6, 6.07) is 15.6. The molecule has 0 bridgehead atoms. The van der Waals surface area contributed by atoms with Crippen LogP contribution in [-0.4, -0.2) is 24.9 Å². The molecule has 0 saturated heterocycles. The topological polar surface area (TPSA) is 38.7 Å². The first kappa shape index (κ1) is 13.5. The maximum atomic E-state index is 8.80. The van der Waals surface area contributed by atoms with Crippen molar-refractivity contribution in [3.63, 3.8) is 0 Å². The highest BCUT2D eigenvalue weighted by atomic mass is 16.5. The van der Waals surface area contributed by atoms with Crippen molar-refractivity contribution in [3.8, 4) is 23.3 Å². The Bertz CT molecular complexity index is 682. The number of fused-ring (bicyclic) bond motifs is 1. The van der Waals surface area contributed by atoms with Crippen LogP contribution >= 0.6 is 0 Å². The van der Waals surface area contributed by atoms with Crippen molar-refractivity contribution in [2.75, 3.05) is 19.8 Å². The van der Waals surface area contributed by atoms with E-state index in [4.69, 9.17) is 14.6 Å². The Balaban J connectivity index is 1.72. The summed E-state index contributed by atoms with van der Waals surface area (Å²) in [4.78, 5) is 0. The Hall–Kier alpha value is -2.44. The molecule has 2 aromatic rings. The number of aliphatic hydroxyl groups is 1. The van der Waals surface area contributed by atoms with Crippen LogP contribution in [0.3, 0.4) is 0 Å². The van der Waals surface area contributed by atoms with Gasteiger partial charge in [-0.1, -0.05) is 42.2 Å². The van der Waals surface area contributed by atoms with Gasteiger partial charge in [0.05, 0.1) is 24.7 Å². The summed E-state index contributed by atoms with van der Waals surface area (Å²) < 4.78 is 11.6. The van der Waals surface area contributed by atoms with E-state index >= 15 is 0 Å². The SMILES string of the molecule is OCC#Cc1ccccc1OCC1COc2ccccc21. The van der Waals surface area contributed by atoms with Crippen molar-refractivity contribution >= 4 is 0 Å². The number of hydrogen-bond acceptors (Lipinski definition) is 3. The fourth-order valence-corrected chi connectivity index (χ4v) is 2.39. The second-order valence-electron chi connectivity index (χ2n) is 4.81. The molecule has 21 heavy (non-hydrogen) atoms. The smallest absolute Gasteiger partial charge is 0.134 e. The first-order valence-electron chi connectivity index (χ1n) is 6.92. The Morgan fingerprint density at radius 3 is 2.86 bits per heavy atom. The van der Waals surface area contributed by atoms with Crippen LogP contribution in [-0.2, 0) is 0 Å². The average molecular weight is 280 g/mol. The number of para-hydroxylation sites is 2. The molecule has 3 nitrogen and oxygen atoms in total. The summed E-state index contributed by atoms with van der Waals surface area (Å²) in [5.74, 6) is 7.47. The normalized spacial score (nSPS) is 15.6. The van der Waals surface area contributed by atoms with Crippen molar-refractivity contribution in [2.24, 2.45) is 0 Å². The van der Waals surface area contributed by atoms with Crippen molar-refractivity contribution < 1.29 is 14.6 Å². The Kier molecular flexibility index (Phi) is 4.09. The molecule has 106 valence electrons. The van der Waals surface area contributed by atoms with Crippen LogP contribution in [0.4, 0.5) is 0 Å². The van der Waals surface area contributed by atoms with Gasteiger partial charge in [-0.25, -0.2) is 0 Å². The molecular formula is C18H16O3. The lowest BCUT2D eigenvalue weighted by atomic mass is 10.0. The second kappa shape index (κ2) is 6.34. The van der Waals surface area contributed by atoms with Gasteiger partial charge in [-0.3, -0.25) is 0 Å². The minimum absolute atomic E-state index is 0.155. The van der Waals surface area contributed by atoms with Crippen LogP contribution in [0, 0.1) is 11.8 Å². The Morgan fingerprint density at radius 1 is 1.14 bits per heavy atom. The Labute approximate surface area is 124 Å². The zero-order valence-corrected chi connectivity index (χ0v) is 11.6. The minimum Gasteiger partial charge on any atom is -0.493 e. The van der Waals surface area contributed by atoms with E-state index in [0.717, 1.165) is 17.1 Å².